The molecular weight excluding hydrogens is 238 g/mol. The molecule has 2 atom stereocenters. The molecule has 1 aromatic carbocycles. The minimum absolute atomic E-state index is 0.0765. The van der Waals surface area contributed by atoms with E-state index in [4.69, 9.17) is 15.2 Å². The summed E-state index contributed by atoms with van der Waals surface area (Å²) in [5, 5.41) is 0. The van der Waals surface area contributed by atoms with Gasteiger partial charge in [0, 0.05) is 0 Å². The Hall–Kier alpha value is -1.06. The zero-order chi connectivity index (χ0) is 14.3. The molecule has 1 rings (SSSR count). The topological polar surface area (TPSA) is 44.5 Å². The molecule has 2 N–H and O–H groups in total. The van der Waals surface area contributed by atoms with Crippen LogP contribution in [0.1, 0.15) is 52.1 Å². The Morgan fingerprint density at radius 3 is 2.26 bits per heavy atom. The van der Waals surface area contributed by atoms with Crippen molar-refractivity contribution in [3.63, 3.8) is 0 Å². The van der Waals surface area contributed by atoms with Crippen LogP contribution in [0, 0.1) is 0 Å². The van der Waals surface area contributed by atoms with Gasteiger partial charge in [0.25, 0.3) is 0 Å². The van der Waals surface area contributed by atoms with E-state index >= 15 is 0 Å². The van der Waals surface area contributed by atoms with Gasteiger partial charge >= 0.3 is 0 Å². The van der Waals surface area contributed by atoms with Gasteiger partial charge in [-0.2, -0.15) is 0 Å². The van der Waals surface area contributed by atoms with Gasteiger partial charge in [-0.15, -0.1) is 0 Å². The molecule has 0 fully saturated rings. The van der Waals surface area contributed by atoms with Crippen LogP contribution < -0.4 is 10.5 Å². The van der Waals surface area contributed by atoms with E-state index in [2.05, 4.69) is 13.8 Å². The molecule has 0 saturated heterocycles. The van der Waals surface area contributed by atoms with Gasteiger partial charge in [-0.1, -0.05) is 25.5 Å². The van der Waals surface area contributed by atoms with E-state index in [0.717, 1.165) is 24.2 Å². The van der Waals surface area contributed by atoms with Crippen LogP contribution in [-0.4, -0.2) is 18.8 Å². The predicted octanol–water partition coefficient (Wildman–Crippen LogP) is 3.68. The highest BCUT2D eigenvalue weighted by atomic mass is 16.5. The lowest BCUT2D eigenvalue weighted by atomic mass is 10.1. The van der Waals surface area contributed by atoms with Gasteiger partial charge in [0.05, 0.1) is 24.9 Å². The van der Waals surface area contributed by atoms with Crippen molar-refractivity contribution in [2.75, 3.05) is 6.61 Å². The summed E-state index contributed by atoms with van der Waals surface area (Å²) in [7, 11) is 0. The molecular formula is C16H27NO2. The predicted molar refractivity (Wildman–Crippen MR) is 79.5 cm³/mol. The van der Waals surface area contributed by atoms with Crippen LogP contribution in [0.15, 0.2) is 24.3 Å². The number of rotatable bonds is 8. The third kappa shape index (κ3) is 6.08. The van der Waals surface area contributed by atoms with Crippen molar-refractivity contribution in [1.29, 1.82) is 0 Å². The maximum absolute atomic E-state index is 6.12. The molecule has 0 saturated carbocycles. The molecule has 0 aromatic heterocycles. The number of nitrogens with two attached hydrogens (primary N) is 1. The quantitative estimate of drug-likeness (QED) is 0.780. The van der Waals surface area contributed by atoms with Crippen molar-refractivity contribution in [2.45, 2.75) is 58.8 Å². The van der Waals surface area contributed by atoms with Gasteiger partial charge in [0.2, 0.25) is 0 Å². The van der Waals surface area contributed by atoms with Gasteiger partial charge in [0.15, 0.2) is 0 Å². The van der Waals surface area contributed by atoms with E-state index in [1.807, 2.05) is 38.1 Å². The number of benzene rings is 1. The Morgan fingerprint density at radius 1 is 1.11 bits per heavy atom. The minimum Gasteiger partial charge on any atom is -0.491 e. The number of hydrogen-bond acceptors (Lipinski definition) is 3. The summed E-state index contributed by atoms with van der Waals surface area (Å²) in [6, 6.07) is 7.87. The standard InChI is InChI=1S/C16H27NO2/c1-5-6-13(4)18-11-16(17)14-7-9-15(10-8-14)19-12(2)3/h7-10,12-13,16H,5-6,11,17H2,1-4H3. The van der Waals surface area contributed by atoms with Crippen molar-refractivity contribution in [3.05, 3.63) is 29.8 Å². The van der Waals surface area contributed by atoms with Crippen LogP contribution in [-0.2, 0) is 4.74 Å². The SMILES string of the molecule is CCCC(C)OCC(N)c1ccc(OC(C)C)cc1. The summed E-state index contributed by atoms with van der Waals surface area (Å²) >= 11 is 0. The Bertz CT molecular complexity index is 348. The monoisotopic (exact) mass is 265 g/mol. The maximum Gasteiger partial charge on any atom is 0.119 e. The summed E-state index contributed by atoms with van der Waals surface area (Å²) in [4.78, 5) is 0. The Kier molecular flexibility index (Phi) is 6.89. The fourth-order valence-electron chi connectivity index (χ4n) is 1.92. The molecule has 0 aliphatic rings. The van der Waals surface area contributed by atoms with E-state index in [9.17, 15) is 0 Å². The molecule has 19 heavy (non-hydrogen) atoms. The fourth-order valence-corrected chi connectivity index (χ4v) is 1.92. The van der Waals surface area contributed by atoms with Crippen LogP contribution in [0.4, 0.5) is 0 Å². The molecule has 108 valence electrons. The summed E-state index contributed by atoms with van der Waals surface area (Å²) in [5.74, 6) is 0.881. The van der Waals surface area contributed by atoms with Gasteiger partial charge in [-0.05, 0) is 44.9 Å². The first-order valence-corrected chi connectivity index (χ1v) is 7.16. The van der Waals surface area contributed by atoms with E-state index < -0.39 is 0 Å². The zero-order valence-corrected chi connectivity index (χ0v) is 12.6. The van der Waals surface area contributed by atoms with E-state index in [0.29, 0.717) is 6.61 Å². The summed E-state index contributed by atoms with van der Waals surface area (Å²) in [6.45, 7) is 8.85. The normalized spacial score (nSPS) is 14.4. The first-order valence-electron chi connectivity index (χ1n) is 7.16. The third-order valence-electron chi connectivity index (χ3n) is 2.94. The fraction of sp³-hybridized carbons (Fsp3) is 0.625. The Morgan fingerprint density at radius 2 is 1.74 bits per heavy atom. The lowest BCUT2D eigenvalue weighted by Crippen LogP contribution is -2.20. The van der Waals surface area contributed by atoms with Crippen molar-refractivity contribution < 1.29 is 9.47 Å². The summed E-state index contributed by atoms with van der Waals surface area (Å²) < 4.78 is 11.3. The first kappa shape index (κ1) is 16.0. The van der Waals surface area contributed by atoms with E-state index in [-0.39, 0.29) is 18.2 Å². The highest BCUT2D eigenvalue weighted by Crippen LogP contribution is 2.18. The molecule has 0 heterocycles. The second-order valence-electron chi connectivity index (χ2n) is 5.27. The summed E-state index contributed by atoms with van der Waals surface area (Å²) in [5.41, 5.74) is 7.21. The first-order chi connectivity index (χ1) is 9.02. The average molecular weight is 265 g/mol. The van der Waals surface area contributed by atoms with Crippen molar-refractivity contribution >= 4 is 0 Å². The van der Waals surface area contributed by atoms with Gasteiger partial charge in [-0.25, -0.2) is 0 Å². The lowest BCUT2D eigenvalue weighted by Gasteiger charge is -2.17. The van der Waals surface area contributed by atoms with Crippen molar-refractivity contribution in [2.24, 2.45) is 5.73 Å². The smallest absolute Gasteiger partial charge is 0.119 e. The van der Waals surface area contributed by atoms with E-state index in [1.165, 1.54) is 0 Å². The maximum atomic E-state index is 6.12. The number of hydrogen-bond donors (Lipinski definition) is 1. The highest BCUT2D eigenvalue weighted by molar-refractivity contribution is 5.29. The van der Waals surface area contributed by atoms with Crippen molar-refractivity contribution in [1.82, 2.24) is 0 Å². The van der Waals surface area contributed by atoms with Crippen LogP contribution in [0.5, 0.6) is 5.75 Å². The molecule has 1 aromatic rings. The molecule has 0 amide bonds. The Balaban J connectivity index is 2.46. The average Bonchev–Trinajstić information content (AvgIpc) is 2.36. The van der Waals surface area contributed by atoms with Crippen LogP contribution in [0.3, 0.4) is 0 Å². The molecule has 0 aliphatic carbocycles. The molecule has 2 unspecified atom stereocenters. The molecule has 0 radical (unpaired) electrons. The Labute approximate surface area is 117 Å². The summed E-state index contributed by atoms with van der Waals surface area (Å²) in [6.07, 6.45) is 2.68. The highest BCUT2D eigenvalue weighted by Gasteiger charge is 2.09. The molecule has 3 heteroatoms. The molecule has 0 bridgehead atoms. The molecule has 3 nitrogen and oxygen atoms in total. The number of ether oxygens (including phenoxy) is 2. The van der Waals surface area contributed by atoms with E-state index in [1.54, 1.807) is 0 Å². The lowest BCUT2D eigenvalue weighted by molar-refractivity contribution is 0.0503. The third-order valence-corrected chi connectivity index (χ3v) is 2.94. The minimum atomic E-state index is -0.0765. The second-order valence-corrected chi connectivity index (χ2v) is 5.27. The van der Waals surface area contributed by atoms with Crippen molar-refractivity contribution in [3.8, 4) is 5.75 Å². The van der Waals surface area contributed by atoms with Gasteiger partial charge < -0.3 is 15.2 Å². The van der Waals surface area contributed by atoms with Gasteiger partial charge in [-0.3, -0.25) is 0 Å². The van der Waals surface area contributed by atoms with Crippen LogP contribution in [0.25, 0.3) is 0 Å². The van der Waals surface area contributed by atoms with Crippen LogP contribution >= 0.6 is 0 Å². The van der Waals surface area contributed by atoms with Crippen LogP contribution in [0.2, 0.25) is 0 Å². The second kappa shape index (κ2) is 8.18. The molecule has 0 spiro atoms. The van der Waals surface area contributed by atoms with Gasteiger partial charge in [0.1, 0.15) is 5.75 Å². The largest absolute Gasteiger partial charge is 0.491 e. The zero-order valence-electron chi connectivity index (χ0n) is 12.6. The molecule has 0 aliphatic heterocycles.